The Balaban J connectivity index is 2.00. The van der Waals surface area contributed by atoms with E-state index >= 15 is 0 Å². The lowest BCUT2D eigenvalue weighted by atomic mass is 10.2. The highest BCUT2D eigenvalue weighted by Crippen LogP contribution is 2.20. The highest BCUT2D eigenvalue weighted by Gasteiger charge is 2.25. The van der Waals surface area contributed by atoms with Crippen LogP contribution in [0, 0.1) is 0 Å². The number of piperidine rings is 1. The number of nitrogens with one attached hydrogen (secondary N) is 1. The number of rotatable bonds is 6. The minimum Gasteiger partial charge on any atom is -0.352 e. The summed E-state index contributed by atoms with van der Waals surface area (Å²) < 4.78 is 26.6. The van der Waals surface area contributed by atoms with Crippen molar-refractivity contribution in [2.75, 3.05) is 13.1 Å². The van der Waals surface area contributed by atoms with Gasteiger partial charge in [0.1, 0.15) is 0 Å². The van der Waals surface area contributed by atoms with E-state index in [1.54, 1.807) is 28.6 Å². The monoisotopic (exact) mass is 324 g/mol. The number of benzene rings is 1. The van der Waals surface area contributed by atoms with Crippen molar-refractivity contribution in [3.05, 3.63) is 29.8 Å². The first kappa shape index (κ1) is 17.0. The summed E-state index contributed by atoms with van der Waals surface area (Å²) in [5, 5.41) is 2.82. The first-order valence-corrected chi connectivity index (χ1v) is 9.34. The van der Waals surface area contributed by atoms with Crippen molar-refractivity contribution in [1.29, 1.82) is 0 Å². The molecule has 1 aliphatic rings. The summed E-state index contributed by atoms with van der Waals surface area (Å²) in [6.07, 6.45) is 4.30. The van der Waals surface area contributed by atoms with Crippen LogP contribution in [0.25, 0.3) is 0 Å². The maximum Gasteiger partial charge on any atom is 0.243 e. The van der Waals surface area contributed by atoms with Gasteiger partial charge in [0.05, 0.1) is 4.90 Å². The van der Waals surface area contributed by atoms with Gasteiger partial charge in [-0.3, -0.25) is 4.79 Å². The van der Waals surface area contributed by atoms with E-state index in [0.717, 1.165) is 31.2 Å². The van der Waals surface area contributed by atoms with E-state index in [0.29, 0.717) is 31.0 Å². The fourth-order valence-electron chi connectivity index (χ4n) is 2.55. The number of sulfonamides is 1. The van der Waals surface area contributed by atoms with Gasteiger partial charge < -0.3 is 5.32 Å². The lowest BCUT2D eigenvalue weighted by Crippen LogP contribution is -2.35. The molecule has 1 saturated heterocycles. The molecule has 6 heteroatoms. The van der Waals surface area contributed by atoms with E-state index in [9.17, 15) is 13.2 Å². The van der Waals surface area contributed by atoms with E-state index < -0.39 is 10.0 Å². The normalized spacial score (nSPS) is 16.4. The molecule has 1 heterocycles. The van der Waals surface area contributed by atoms with Gasteiger partial charge in [-0.2, -0.15) is 4.31 Å². The lowest BCUT2D eigenvalue weighted by molar-refractivity contribution is -0.121. The Labute approximate surface area is 132 Å². The van der Waals surface area contributed by atoms with Crippen LogP contribution < -0.4 is 5.32 Å². The second-order valence-corrected chi connectivity index (χ2v) is 7.57. The van der Waals surface area contributed by atoms with Crippen molar-refractivity contribution in [2.45, 2.75) is 50.5 Å². The molecule has 122 valence electrons. The van der Waals surface area contributed by atoms with Gasteiger partial charge in [0, 0.05) is 26.1 Å². The van der Waals surface area contributed by atoms with Crippen molar-refractivity contribution in [3.63, 3.8) is 0 Å². The third-order valence-electron chi connectivity index (χ3n) is 3.84. The average molecular weight is 324 g/mol. The molecule has 0 aromatic heterocycles. The van der Waals surface area contributed by atoms with Gasteiger partial charge in [0.25, 0.3) is 0 Å². The zero-order valence-corrected chi connectivity index (χ0v) is 13.9. The minimum absolute atomic E-state index is 0.0208. The van der Waals surface area contributed by atoms with E-state index in [1.807, 2.05) is 6.92 Å². The predicted octanol–water partition coefficient (Wildman–Crippen LogP) is 2.28. The van der Waals surface area contributed by atoms with Crippen LogP contribution in [0.3, 0.4) is 0 Å². The Morgan fingerprint density at radius 1 is 1.14 bits per heavy atom. The quantitative estimate of drug-likeness (QED) is 0.873. The molecule has 1 aromatic rings. The summed E-state index contributed by atoms with van der Waals surface area (Å²) in [5.74, 6) is 0.0208. The van der Waals surface area contributed by atoms with Crippen LogP contribution in [0.15, 0.2) is 29.2 Å². The Kier molecular flexibility index (Phi) is 5.97. The van der Waals surface area contributed by atoms with Crippen molar-refractivity contribution in [3.8, 4) is 0 Å². The van der Waals surface area contributed by atoms with Gasteiger partial charge in [-0.15, -0.1) is 0 Å². The van der Waals surface area contributed by atoms with Crippen molar-refractivity contribution < 1.29 is 13.2 Å². The number of carbonyl (C=O) groups excluding carboxylic acids is 1. The highest BCUT2D eigenvalue weighted by molar-refractivity contribution is 7.89. The Morgan fingerprint density at radius 3 is 2.36 bits per heavy atom. The summed E-state index contributed by atoms with van der Waals surface area (Å²) in [6.45, 7) is 3.61. The van der Waals surface area contributed by atoms with Crippen molar-refractivity contribution in [1.82, 2.24) is 9.62 Å². The summed E-state index contributed by atoms with van der Waals surface area (Å²) in [4.78, 5) is 11.8. The molecule has 1 N–H and O–H groups in total. The Bertz CT molecular complexity index is 590. The Morgan fingerprint density at radius 2 is 1.77 bits per heavy atom. The third-order valence-corrected chi connectivity index (χ3v) is 5.76. The number of nitrogens with zero attached hydrogens (tertiary/aromatic N) is 1. The van der Waals surface area contributed by atoms with Crippen LogP contribution in [0.1, 0.15) is 44.6 Å². The molecule has 1 amide bonds. The van der Waals surface area contributed by atoms with Gasteiger partial charge in [-0.05, 0) is 37.0 Å². The smallest absolute Gasteiger partial charge is 0.243 e. The van der Waals surface area contributed by atoms with Crippen LogP contribution in [-0.4, -0.2) is 31.7 Å². The second kappa shape index (κ2) is 7.74. The highest BCUT2D eigenvalue weighted by atomic mass is 32.2. The number of carbonyl (C=O) groups is 1. The third kappa shape index (κ3) is 4.30. The lowest BCUT2D eigenvalue weighted by Gasteiger charge is -2.25. The number of hydrogen-bond acceptors (Lipinski definition) is 3. The fraction of sp³-hybridized carbons (Fsp3) is 0.562. The van der Waals surface area contributed by atoms with E-state index in [4.69, 9.17) is 0 Å². The molecule has 1 aromatic carbocycles. The van der Waals surface area contributed by atoms with E-state index in [1.165, 1.54) is 0 Å². The van der Waals surface area contributed by atoms with Crippen molar-refractivity contribution in [2.24, 2.45) is 0 Å². The molecule has 1 aliphatic heterocycles. The van der Waals surface area contributed by atoms with Crippen LogP contribution in [0.2, 0.25) is 0 Å². The molecular formula is C16H24N2O3S. The van der Waals surface area contributed by atoms with E-state index in [2.05, 4.69) is 5.32 Å². The average Bonchev–Trinajstić information content (AvgIpc) is 2.54. The first-order valence-electron chi connectivity index (χ1n) is 7.90. The molecule has 0 radical (unpaired) electrons. The van der Waals surface area contributed by atoms with Gasteiger partial charge in [-0.1, -0.05) is 25.5 Å². The molecule has 0 unspecified atom stereocenters. The molecule has 0 bridgehead atoms. The van der Waals surface area contributed by atoms with Crippen LogP contribution >= 0.6 is 0 Å². The Hall–Kier alpha value is -1.40. The molecule has 0 saturated carbocycles. The van der Waals surface area contributed by atoms with Crippen LogP contribution in [0.4, 0.5) is 0 Å². The van der Waals surface area contributed by atoms with E-state index in [-0.39, 0.29) is 5.91 Å². The van der Waals surface area contributed by atoms with Gasteiger partial charge in [-0.25, -0.2) is 8.42 Å². The molecular weight excluding hydrogens is 300 g/mol. The van der Waals surface area contributed by atoms with Crippen molar-refractivity contribution >= 4 is 15.9 Å². The largest absolute Gasteiger partial charge is 0.352 e. The SMILES string of the molecule is CCCC(=O)NCc1ccc(S(=O)(=O)N2CCCCC2)cc1. The van der Waals surface area contributed by atoms with Gasteiger partial charge >= 0.3 is 0 Å². The molecule has 5 nitrogen and oxygen atoms in total. The fourth-order valence-corrected chi connectivity index (χ4v) is 4.07. The van der Waals surface area contributed by atoms with Crippen LogP contribution in [-0.2, 0) is 21.4 Å². The summed E-state index contributed by atoms with van der Waals surface area (Å²) in [5.41, 5.74) is 0.905. The summed E-state index contributed by atoms with van der Waals surface area (Å²) in [7, 11) is -3.37. The number of amides is 1. The minimum atomic E-state index is -3.37. The molecule has 0 aliphatic carbocycles. The zero-order valence-electron chi connectivity index (χ0n) is 13.0. The second-order valence-electron chi connectivity index (χ2n) is 5.64. The molecule has 1 fully saturated rings. The first-order chi connectivity index (χ1) is 10.5. The molecule has 0 atom stereocenters. The standard InChI is InChI=1S/C16H24N2O3S/c1-2-6-16(19)17-13-14-7-9-15(10-8-14)22(20,21)18-11-4-3-5-12-18/h7-10H,2-6,11-13H2,1H3,(H,17,19). The van der Waals surface area contributed by atoms with Crippen LogP contribution in [0.5, 0.6) is 0 Å². The predicted molar refractivity (Wildman–Crippen MR) is 85.8 cm³/mol. The molecule has 22 heavy (non-hydrogen) atoms. The zero-order chi connectivity index (χ0) is 16.0. The summed E-state index contributed by atoms with van der Waals surface area (Å²) >= 11 is 0. The maximum atomic E-state index is 12.5. The maximum absolute atomic E-state index is 12.5. The van der Waals surface area contributed by atoms with Gasteiger partial charge in [0.2, 0.25) is 15.9 Å². The summed E-state index contributed by atoms with van der Waals surface area (Å²) in [6, 6.07) is 6.79. The molecule has 2 rings (SSSR count). The number of hydrogen-bond donors (Lipinski definition) is 1. The molecule has 0 spiro atoms. The van der Waals surface area contributed by atoms with Gasteiger partial charge in [0.15, 0.2) is 0 Å². The topological polar surface area (TPSA) is 66.5 Å².